The van der Waals surface area contributed by atoms with Crippen LogP contribution in [0.25, 0.3) is 10.9 Å². The minimum absolute atomic E-state index is 0.0631. The maximum Gasteiger partial charge on any atom is 0.228 e. The van der Waals surface area contributed by atoms with Gasteiger partial charge in [-0.3, -0.25) is 4.79 Å². The minimum Gasteiger partial charge on any atom is -0.361 e. The van der Waals surface area contributed by atoms with Gasteiger partial charge in [0.15, 0.2) is 0 Å². The van der Waals surface area contributed by atoms with Crippen LogP contribution >= 0.6 is 0 Å². The van der Waals surface area contributed by atoms with Gasteiger partial charge in [0, 0.05) is 43.3 Å². The number of para-hydroxylation sites is 1. The van der Waals surface area contributed by atoms with E-state index in [-0.39, 0.29) is 5.91 Å². The van der Waals surface area contributed by atoms with Crippen molar-refractivity contribution in [2.75, 3.05) is 43.4 Å². The number of likely N-dealkylation sites (N-methyl/N-ethyl adjacent to an activating group) is 1. The number of aromatic amines is 1. The summed E-state index contributed by atoms with van der Waals surface area (Å²) in [4.78, 5) is 29.7. The maximum absolute atomic E-state index is 12.7. The summed E-state index contributed by atoms with van der Waals surface area (Å²) in [5, 5.41) is 4.09. The third-order valence-corrected chi connectivity index (χ3v) is 5.34. The van der Waals surface area contributed by atoms with Crippen LogP contribution < -0.4 is 10.2 Å². The Hall–Kier alpha value is -2.93. The van der Waals surface area contributed by atoms with Crippen molar-refractivity contribution in [1.29, 1.82) is 0 Å². The Morgan fingerprint density at radius 3 is 2.50 bits per heavy atom. The largest absolute Gasteiger partial charge is 0.361 e. The predicted octanol–water partition coefficient (Wildman–Crippen LogP) is 2.51. The first-order valence-corrected chi connectivity index (χ1v) is 9.65. The Bertz CT molecular complexity index is 980. The lowest BCUT2D eigenvalue weighted by Crippen LogP contribution is -2.45. The number of fused-ring (bicyclic) bond motifs is 1. The Kier molecular flexibility index (Phi) is 5.00. The van der Waals surface area contributed by atoms with E-state index in [1.54, 1.807) is 0 Å². The van der Waals surface area contributed by atoms with Crippen LogP contribution in [-0.2, 0) is 11.2 Å². The second-order valence-corrected chi connectivity index (χ2v) is 7.44. The molecule has 1 amide bonds. The number of anilines is 2. The van der Waals surface area contributed by atoms with Gasteiger partial charge in [-0.15, -0.1) is 0 Å². The van der Waals surface area contributed by atoms with E-state index in [1.807, 2.05) is 44.3 Å². The van der Waals surface area contributed by atoms with Gasteiger partial charge in [0.1, 0.15) is 0 Å². The summed E-state index contributed by atoms with van der Waals surface area (Å²) in [5.41, 5.74) is 4.33. The van der Waals surface area contributed by atoms with E-state index in [0.717, 1.165) is 60.0 Å². The summed E-state index contributed by atoms with van der Waals surface area (Å²) in [6.45, 7) is 7.70. The number of H-pyrrole nitrogens is 1. The van der Waals surface area contributed by atoms with Crippen LogP contribution in [0.4, 0.5) is 11.6 Å². The van der Waals surface area contributed by atoms with Gasteiger partial charge in [0.25, 0.3) is 0 Å². The molecule has 4 rings (SSSR count). The summed E-state index contributed by atoms with van der Waals surface area (Å²) in [7, 11) is 2.13. The van der Waals surface area contributed by atoms with Crippen LogP contribution in [0.1, 0.15) is 17.0 Å². The van der Waals surface area contributed by atoms with Gasteiger partial charge in [-0.1, -0.05) is 18.2 Å². The number of benzene rings is 1. The van der Waals surface area contributed by atoms with Crippen LogP contribution in [0, 0.1) is 13.8 Å². The fraction of sp³-hybridized carbons (Fsp3) is 0.381. The molecule has 1 aromatic carbocycles. The van der Waals surface area contributed by atoms with Crippen molar-refractivity contribution in [3.63, 3.8) is 0 Å². The van der Waals surface area contributed by atoms with Crippen LogP contribution in [0.2, 0.25) is 0 Å². The topological polar surface area (TPSA) is 77.2 Å². The van der Waals surface area contributed by atoms with Crippen molar-refractivity contribution in [3.05, 3.63) is 47.4 Å². The maximum atomic E-state index is 12.7. The summed E-state index contributed by atoms with van der Waals surface area (Å²) >= 11 is 0. The van der Waals surface area contributed by atoms with Gasteiger partial charge in [-0.25, -0.2) is 9.97 Å². The van der Waals surface area contributed by atoms with E-state index in [2.05, 4.69) is 37.1 Å². The Balaban J connectivity index is 1.49. The molecule has 0 atom stereocenters. The fourth-order valence-electron chi connectivity index (χ4n) is 3.66. The van der Waals surface area contributed by atoms with Gasteiger partial charge < -0.3 is 20.1 Å². The molecule has 0 radical (unpaired) electrons. The standard InChI is InChI=1S/C21H26N6O/c1-14-20(15(2)24-21(23-14)27-10-8-26(3)9-11-27)25-19(28)12-16-13-22-18-7-5-4-6-17(16)18/h4-7,13,22H,8-12H2,1-3H3,(H,25,28). The molecule has 1 saturated heterocycles. The van der Waals surface area contributed by atoms with Gasteiger partial charge in [0.05, 0.1) is 23.5 Å². The molecule has 3 heterocycles. The predicted molar refractivity (Wildman–Crippen MR) is 112 cm³/mol. The number of carbonyl (C=O) groups excluding carboxylic acids is 1. The molecule has 1 aliphatic rings. The van der Waals surface area contributed by atoms with Crippen molar-refractivity contribution >= 4 is 28.4 Å². The number of hydrogen-bond donors (Lipinski definition) is 2. The second kappa shape index (κ2) is 7.59. The van der Waals surface area contributed by atoms with Crippen LogP contribution in [-0.4, -0.2) is 59.0 Å². The van der Waals surface area contributed by atoms with Crippen LogP contribution in [0.15, 0.2) is 30.5 Å². The molecule has 0 spiro atoms. The second-order valence-electron chi connectivity index (χ2n) is 7.44. The molecule has 0 aliphatic carbocycles. The minimum atomic E-state index is -0.0631. The number of amides is 1. The first-order chi connectivity index (χ1) is 13.5. The first-order valence-electron chi connectivity index (χ1n) is 9.65. The molecule has 7 heteroatoms. The highest BCUT2D eigenvalue weighted by Crippen LogP contribution is 2.23. The van der Waals surface area contributed by atoms with E-state index < -0.39 is 0 Å². The molecule has 28 heavy (non-hydrogen) atoms. The highest BCUT2D eigenvalue weighted by molar-refractivity contribution is 5.96. The van der Waals surface area contributed by atoms with Crippen molar-refractivity contribution in [2.24, 2.45) is 0 Å². The molecule has 0 saturated carbocycles. The van der Waals surface area contributed by atoms with E-state index in [1.165, 1.54) is 0 Å². The number of hydrogen-bond acceptors (Lipinski definition) is 5. The highest BCUT2D eigenvalue weighted by atomic mass is 16.1. The van der Waals surface area contributed by atoms with E-state index in [9.17, 15) is 4.79 Å². The van der Waals surface area contributed by atoms with E-state index in [0.29, 0.717) is 12.1 Å². The number of piperazine rings is 1. The molecule has 146 valence electrons. The molecule has 0 unspecified atom stereocenters. The zero-order valence-corrected chi connectivity index (χ0v) is 16.6. The molecule has 2 N–H and O–H groups in total. The van der Waals surface area contributed by atoms with E-state index in [4.69, 9.17) is 0 Å². The number of nitrogens with one attached hydrogen (secondary N) is 2. The Labute approximate surface area is 164 Å². The van der Waals surface area contributed by atoms with Crippen molar-refractivity contribution < 1.29 is 4.79 Å². The molecular formula is C21H26N6O. The Morgan fingerprint density at radius 2 is 1.79 bits per heavy atom. The molecule has 2 aromatic heterocycles. The van der Waals surface area contributed by atoms with E-state index >= 15 is 0 Å². The lowest BCUT2D eigenvalue weighted by molar-refractivity contribution is -0.115. The number of rotatable bonds is 4. The lowest BCUT2D eigenvalue weighted by Gasteiger charge is -2.32. The summed E-state index contributed by atoms with van der Waals surface area (Å²) in [6, 6.07) is 8.00. The van der Waals surface area contributed by atoms with Gasteiger partial charge in [0.2, 0.25) is 11.9 Å². The van der Waals surface area contributed by atoms with Gasteiger partial charge in [-0.05, 0) is 32.5 Å². The summed E-state index contributed by atoms with van der Waals surface area (Å²) in [6.07, 6.45) is 2.21. The third kappa shape index (κ3) is 3.71. The molecule has 0 bridgehead atoms. The number of carbonyl (C=O) groups is 1. The zero-order valence-electron chi connectivity index (χ0n) is 16.6. The zero-order chi connectivity index (χ0) is 19.7. The Morgan fingerprint density at radius 1 is 1.11 bits per heavy atom. The van der Waals surface area contributed by atoms with Crippen molar-refractivity contribution in [1.82, 2.24) is 19.9 Å². The number of nitrogens with zero attached hydrogens (tertiary/aromatic N) is 4. The van der Waals surface area contributed by atoms with Gasteiger partial charge >= 0.3 is 0 Å². The first kappa shape index (κ1) is 18.4. The van der Waals surface area contributed by atoms with Crippen molar-refractivity contribution in [2.45, 2.75) is 20.3 Å². The highest BCUT2D eigenvalue weighted by Gasteiger charge is 2.19. The monoisotopic (exact) mass is 378 g/mol. The van der Waals surface area contributed by atoms with Crippen LogP contribution in [0.5, 0.6) is 0 Å². The lowest BCUT2D eigenvalue weighted by atomic mass is 10.1. The summed E-state index contributed by atoms with van der Waals surface area (Å²) in [5.74, 6) is 0.685. The number of aryl methyl sites for hydroxylation is 2. The molecular weight excluding hydrogens is 352 g/mol. The molecule has 3 aromatic rings. The quantitative estimate of drug-likeness (QED) is 0.729. The normalized spacial score (nSPS) is 15.2. The molecule has 1 aliphatic heterocycles. The third-order valence-electron chi connectivity index (χ3n) is 5.34. The molecule has 7 nitrogen and oxygen atoms in total. The van der Waals surface area contributed by atoms with Gasteiger partial charge in [-0.2, -0.15) is 0 Å². The van der Waals surface area contributed by atoms with Crippen LogP contribution in [0.3, 0.4) is 0 Å². The summed E-state index contributed by atoms with van der Waals surface area (Å²) < 4.78 is 0. The smallest absolute Gasteiger partial charge is 0.228 e. The fourth-order valence-corrected chi connectivity index (χ4v) is 3.66. The molecule has 1 fully saturated rings. The number of aromatic nitrogens is 3. The average Bonchev–Trinajstić information content (AvgIpc) is 3.08. The van der Waals surface area contributed by atoms with Crippen molar-refractivity contribution in [3.8, 4) is 0 Å². The average molecular weight is 378 g/mol. The SMILES string of the molecule is Cc1nc(N2CCN(C)CC2)nc(C)c1NC(=O)Cc1c[nH]c2ccccc12.